The number of rotatable bonds is 2. The molecule has 0 amide bonds. The molecule has 2 rings (SSSR count). The number of aromatic amines is 1. The van der Waals surface area contributed by atoms with Crippen molar-refractivity contribution < 1.29 is 18.7 Å². The van der Waals surface area contributed by atoms with Gasteiger partial charge in [0.15, 0.2) is 18.0 Å². The second-order valence-corrected chi connectivity index (χ2v) is 6.90. The smallest absolute Gasteiger partial charge is 0.336 e. The summed E-state index contributed by atoms with van der Waals surface area (Å²) in [5.74, 6) is -1.52. The third-order valence-corrected chi connectivity index (χ3v) is 3.85. The van der Waals surface area contributed by atoms with E-state index < -0.39 is 46.7 Å². The quantitative estimate of drug-likeness (QED) is 0.822. The Hall–Kier alpha value is -1.96. The van der Waals surface area contributed by atoms with Crippen molar-refractivity contribution in [2.75, 3.05) is 0 Å². The molecule has 4 atom stereocenters. The van der Waals surface area contributed by atoms with Gasteiger partial charge < -0.3 is 9.47 Å². The van der Waals surface area contributed by atoms with Crippen molar-refractivity contribution in [3.05, 3.63) is 33.1 Å². The molecule has 0 bridgehead atoms. The number of nitrogens with one attached hydrogen (secondary N) is 1. The van der Waals surface area contributed by atoms with Crippen LogP contribution in [-0.2, 0) is 14.3 Å². The Balaban J connectivity index is 2.35. The van der Waals surface area contributed by atoms with Gasteiger partial charge in [-0.3, -0.25) is 14.3 Å². The molecule has 1 fully saturated rings. The van der Waals surface area contributed by atoms with Crippen LogP contribution in [0.3, 0.4) is 0 Å². The number of carbonyl (C=O) groups is 1. The normalized spacial score (nSPS) is 31.1. The highest BCUT2D eigenvalue weighted by atomic mass is 19.1. The van der Waals surface area contributed by atoms with Gasteiger partial charge in [0, 0.05) is 18.2 Å². The van der Waals surface area contributed by atoms with E-state index in [-0.39, 0.29) is 0 Å². The van der Waals surface area contributed by atoms with Crippen molar-refractivity contribution in [3.63, 3.8) is 0 Å². The molecule has 0 spiro atoms. The van der Waals surface area contributed by atoms with Crippen LogP contribution in [0.15, 0.2) is 21.9 Å². The van der Waals surface area contributed by atoms with Gasteiger partial charge >= 0.3 is 11.7 Å². The average molecular weight is 328 g/mol. The van der Waals surface area contributed by atoms with Crippen LogP contribution in [0.2, 0.25) is 0 Å². The summed E-state index contributed by atoms with van der Waals surface area (Å²) in [6.45, 7) is 7.87. The van der Waals surface area contributed by atoms with Gasteiger partial charge in [-0.2, -0.15) is 0 Å². The predicted molar refractivity (Wildman–Crippen MR) is 79.8 cm³/mol. The molecule has 0 aliphatic carbocycles. The first-order valence-electron chi connectivity index (χ1n) is 7.32. The number of hydrogen-bond donors (Lipinski definition) is 1. The SMILES string of the molecule is C[C@@H]1[C@@H](C(=O)OC(C)(C)C)O[C@@H](n2ccc(=O)[nH]c2=O)[C@]1(C)F. The number of aromatic nitrogens is 2. The third kappa shape index (κ3) is 3.36. The molecule has 23 heavy (non-hydrogen) atoms. The third-order valence-electron chi connectivity index (χ3n) is 3.85. The van der Waals surface area contributed by atoms with Crippen LogP contribution in [-0.4, -0.2) is 32.9 Å². The van der Waals surface area contributed by atoms with Gasteiger partial charge in [0.1, 0.15) is 5.60 Å². The molecule has 8 heteroatoms. The highest BCUT2D eigenvalue weighted by Crippen LogP contribution is 2.45. The zero-order valence-electron chi connectivity index (χ0n) is 13.8. The molecule has 2 heterocycles. The molecule has 1 aliphatic heterocycles. The van der Waals surface area contributed by atoms with Crippen LogP contribution in [0.5, 0.6) is 0 Å². The minimum absolute atomic E-state index is 0.596. The molecule has 128 valence electrons. The van der Waals surface area contributed by atoms with E-state index in [4.69, 9.17) is 9.47 Å². The topological polar surface area (TPSA) is 90.4 Å². The Morgan fingerprint density at radius 3 is 2.57 bits per heavy atom. The molecule has 0 aromatic carbocycles. The minimum atomic E-state index is -2.00. The number of alkyl halides is 1. The van der Waals surface area contributed by atoms with Crippen molar-refractivity contribution in [1.29, 1.82) is 0 Å². The second-order valence-electron chi connectivity index (χ2n) is 6.90. The fourth-order valence-corrected chi connectivity index (χ4v) is 2.48. The predicted octanol–water partition coefficient (Wildman–Crippen LogP) is 1.14. The van der Waals surface area contributed by atoms with Crippen molar-refractivity contribution in [2.45, 2.75) is 58.2 Å². The molecule has 1 aromatic rings. The fraction of sp³-hybridized carbons (Fsp3) is 0.667. The summed E-state index contributed by atoms with van der Waals surface area (Å²) in [5.41, 5.74) is -4.13. The molecule has 1 N–H and O–H groups in total. The van der Waals surface area contributed by atoms with E-state index >= 15 is 4.39 Å². The van der Waals surface area contributed by atoms with Gasteiger partial charge in [0.25, 0.3) is 5.56 Å². The number of ether oxygens (including phenoxy) is 2. The zero-order valence-corrected chi connectivity index (χ0v) is 13.8. The number of H-pyrrole nitrogens is 1. The molecule has 0 unspecified atom stereocenters. The lowest BCUT2D eigenvalue weighted by Gasteiger charge is -2.25. The summed E-state index contributed by atoms with van der Waals surface area (Å²) in [4.78, 5) is 37.3. The summed E-state index contributed by atoms with van der Waals surface area (Å²) in [7, 11) is 0. The van der Waals surface area contributed by atoms with Crippen LogP contribution in [0.4, 0.5) is 4.39 Å². The van der Waals surface area contributed by atoms with Gasteiger partial charge in [-0.1, -0.05) is 6.92 Å². The summed E-state index contributed by atoms with van der Waals surface area (Å²) >= 11 is 0. The number of carbonyl (C=O) groups excluding carboxylic acids is 1. The van der Waals surface area contributed by atoms with E-state index in [1.165, 1.54) is 13.8 Å². The highest BCUT2D eigenvalue weighted by Gasteiger charge is 2.56. The van der Waals surface area contributed by atoms with E-state index in [0.29, 0.717) is 0 Å². The maximum absolute atomic E-state index is 15.1. The van der Waals surface area contributed by atoms with E-state index in [9.17, 15) is 14.4 Å². The van der Waals surface area contributed by atoms with Crippen molar-refractivity contribution in [2.24, 2.45) is 5.92 Å². The lowest BCUT2D eigenvalue weighted by Crippen LogP contribution is -2.40. The first kappa shape index (κ1) is 17.4. The van der Waals surface area contributed by atoms with Crippen molar-refractivity contribution >= 4 is 5.97 Å². The van der Waals surface area contributed by atoms with Crippen LogP contribution < -0.4 is 11.2 Å². The van der Waals surface area contributed by atoms with Crippen LogP contribution in [0.25, 0.3) is 0 Å². The van der Waals surface area contributed by atoms with Gasteiger partial charge in [-0.05, 0) is 27.7 Å². The van der Waals surface area contributed by atoms with Crippen LogP contribution in [0.1, 0.15) is 40.8 Å². The lowest BCUT2D eigenvalue weighted by atomic mass is 9.89. The fourth-order valence-electron chi connectivity index (χ4n) is 2.48. The molecule has 1 aliphatic rings. The molecule has 0 saturated carbocycles. The Morgan fingerprint density at radius 2 is 2.04 bits per heavy atom. The molecule has 1 saturated heterocycles. The van der Waals surface area contributed by atoms with Crippen LogP contribution >= 0.6 is 0 Å². The molecule has 1 aromatic heterocycles. The van der Waals surface area contributed by atoms with E-state index in [1.807, 2.05) is 4.98 Å². The molecule has 0 radical (unpaired) electrons. The summed E-state index contributed by atoms with van der Waals surface area (Å²) in [6.07, 6.45) is -1.33. The number of esters is 1. The maximum atomic E-state index is 15.1. The zero-order chi connectivity index (χ0) is 17.6. The van der Waals surface area contributed by atoms with E-state index in [0.717, 1.165) is 16.8 Å². The molecule has 7 nitrogen and oxygen atoms in total. The second kappa shape index (κ2) is 5.59. The Morgan fingerprint density at radius 1 is 1.43 bits per heavy atom. The summed E-state index contributed by atoms with van der Waals surface area (Å²) in [5, 5.41) is 0. The first-order chi connectivity index (χ1) is 10.4. The van der Waals surface area contributed by atoms with Crippen LogP contribution in [0, 0.1) is 5.92 Å². The van der Waals surface area contributed by atoms with Gasteiger partial charge in [0.2, 0.25) is 0 Å². The van der Waals surface area contributed by atoms with E-state index in [1.54, 1.807) is 20.8 Å². The summed E-state index contributed by atoms with van der Waals surface area (Å²) < 4.78 is 26.8. The van der Waals surface area contributed by atoms with Gasteiger partial charge in [0.05, 0.1) is 0 Å². The summed E-state index contributed by atoms with van der Waals surface area (Å²) in [6, 6.07) is 1.09. The largest absolute Gasteiger partial charge is 0.458 e. The Bertz CT molecular complexity index is 716. The van der Waals surface area contributed by atoms with Gasteiger partial charge in [-0.15, -0.1) is 0 Å². The maximum Gasteiger partial charge on any atom is 0.336 e. The first-order valence-corrected chi connectivity index (χ1v) is 7.32. The molecular weight excluding hydrogens is 307 g/mol. The van der Waals surface area contributed by atoms with Gasteiger partial charge in [-0.25, -0.2) is 14.0 Å². The van der Waals surface area contributed by atoms with Crippen molar-refractivity contribution in [1.82, 2.24) is 9.55 Å². The standard InChI is InChI=1S/C15H21FN2O5/c1-8-10(11(20)23-14(2,3)4)22-12(15(8,5)16)18-7-6-9(19)17-13(18)21/h6-8,10,12H,1-5H3,(H,17,19,21)/t8-,10+,12-,15-/m1/s1. The molecular formula is C15H21FN2O5. The monoisotopic (exact) mass is 328 g/mol. The minimum Gasteiger partial charge on any atom is -0.458 e. The Labute approximate surface area is 132 Å². The average Bonchev–Trinajstić information content (AvgIpc) is 2.60. The Kier molecular flexibility index (Phi) is 4.23. The highest BCUT2D eigenvalue weighted by molar-refractivity contribution is 5.76. The lowest BCUT2D eigenvalue weighted by molar-refractivity contribution is -0.171. The number of nitrogens with zero attached hydrogens (tertiary/aromatic N) is 1. The van der Waals surface area contributed by atoms with Crippen molar-refractivity contribution in [3.8, 4) is 0 Å². The number of hydrogen-bond acceptors (Lipinski definition) is 5. The number of halogens is 1. The van der Waals surface area contributed by atoms with E-state index in [2.05, 4.69) is 0 Å².